The molecule has 0 saturated heterocycles. The summed E-state index contributed by atoms with van der Waals surface area (Å²) in [6.07, 6.45) is 1.01. The number of nitrogens with one attached hydrogen (secondary N) is 2. The molecule has 1 amide bonds. The number of nitrogens with zero attached hydrogens (tertiary/aromatic N) is 1. The van der Waals surface area contributed by atoms with E-state index in [2.05, 4.69) is 15.8 Å². The standard InChI is InChI=1S/C9H15N3O2/c1-3-4-10-6-9(13)11-8-5-7(2)14-12-8/h5,10H,3-4,6H2,1-2H3,(H,11,12,13). The van der Waals surface area contributed by atoms with Crippen LogP contribution in [-0.2, 0) is 4.79 Å². The summed E-state index contributed by atoms with van der Waals surface area (Å²) in [5.41, 5.74) is 0. The third-order valence-corrected chi connectivity index (χ3v) is 1.61. The summed E-state index contributed by atoms with van der Waals surface area (Å²) < 4.78 is 4.81. The van der Waals surface area contributed by atoms with Gasteiger partial charge in [-0.1, -0.05) is 12.1 Å². The van der Waals surface area contributed by atoms with Crippen LogP contribution in [0, 0.1) is 6.92 Å². The first kappa shape index (κ1) is 10.7. The van der Waals surface area contributed by atoms with Gasteiger partial charge < -0.3 is 15.2 Å². The molecule has 0 aliphatic rings. The van der Waals surface area contributed by atoms with E-state index in [1.807, 2.05) is 6.92 Å². The van der Waals surface area contributed by atoms with Crippen LogP contribution in [0.2, 0.25) is 0 Å². The van der Waals surface area contributed by atoms with Crippen LogP contribution in [0.3, 0.4) is 0 Å². The number of aromatic nitrogens is 1. The van der Waals surface area contributed by atoms with Crippen molar-refractivity contribution < 1.29 is 9.32 Å². The Balaban J connectivity index is 2.27. The number of carbonyl (C=O) groups excluding carboxylic acids is 1. The van der Waals surface area contributed by atoms with Gasteiger partial charge in [0.15, 0.2) is 5.82 Å². The molecule has 78 valence electrons. The number of hydrogen-bond acceptors (Lipinski definition) is 4. The van der Waals surface area contributed by atoms with Crippen molar-refractivity contribution >= 4 is 11.7 Å². The van der Waals surface area contributed by atoms with Crippen LogP contribution in [0.1, 0.15) is 19.1 Å². The molecule has 1 heterocycles. The third kappa shape index (κ3) is 3.57. The highest BCUT2D eigenvalue weighted by Gasteiger charge is 2.04. The Kier molecular flexibility index (Phi) is 4.12. The lowest BCUT2D eigenvalue weighted by Crippen LogP contribution is -2.28. The molecule has 1 aromatic rings. The Labute approximate surface area is 82.8 Å². The average Bonchev–Trinajstić information content (AvgIpc) is 2.52. The number of rotatable bonds is 5. The minimum absolute atomic E-state index is 0.105. The molecule has 2 N–H and O–H groups in total. The van der Waals surface area contributed by atoms with Gasteiger partial charge in [-0.25, -0.2) is 0 Å². The minimum Gasteiger partial charge on any atom is -0.360 e. The molecule has 1 rings (SSSR count). The molecule has 14 heavy (non-hydrogen) atoms. The molecule has 0 atom stereocenters. The van der Waals surface area contributed by atoms with Crippen molar-refractivity contribution in [1.29, 1.82) is 0 Å². The quantitative estimate of drug-likeness (QED) is 0.689. The van der Waals surface area contributed by atoms with Gasteiger partial charge >= 0.3 is 0 Å². The Hall–Kier alpha value is -1.36. The average molecular weight is 197 g/mol. The molecule has 0 aliphatic heterocycles. The zero-order valence-electron chi connectivity index (χ0n) is 8.46. The molecule has 0 radical (unpaired) electrons. The van der Waals surface area contributed by atoms with E-state index in [0.29, 0.717) is 18.1 Å². The van der Waals surface area contributed by atoms with Crippen LogP contribution >= 0.6 is 0 Å². The second kappa shape index (κ2) is 5.39. The summed E-state index contributed by atoms with van der Waals surface area (Å²) in [6.45, 7) is 4.97. The highest BCUT2D eigenvalue weighted by Crippen LogP contribution is 2.05. The van der Waals surface area contributed by atoms with Gasteiger partial charge in [-0.05, 0) is 19.9 Å². The molecular weight excluding hydrogens is 182 g/mol. The van der Waals surface area contributed by atoms with Gasteiger partial charge in [-0.2, -0.15) is 0 Å². The summed E-state index contributed by atoms with van der Waals surface area (Å²) in [4.78, 5) is 11.2. The van der Waals surface area contributed by atoms with E-state index in [-0.39, 0.29) is 5.91 Å². The first-order chi connectivity index (χ1) is 6.72. The summed E-state index contributed by atoms with van der Waals surface area (Å²) in [5.74, 6) is 1.04. The summed E-state index contributed by atoms with van der Waals surface area (Å²) in [6, 6.07) is 1.68. The van der Waals surface area contributed by atoms with Crippen LogP contribution in [0.4, 0.5) is 5.82 Å². The van der Waals surface area contributed by atoms with Crippen molar-refractivity contribution in [2.24, 2.45) is 0 Å². The smallest absolute Gasteiger partial charge is 0.239 e. The van der Waals surface area contributed by atoms with Crippen LogP contribution in [0.25, 0.3) is 0 Å². The van der Waals surface area contributed by atoms with Gasteiger partial charge in [0.2, 0.25) is 5.91 Å². The van der Waals surface area contributed by atoms with Crippen molar-refractivity contribution in [2.45, 2.75) is 20.3 Å². The van der Waals surface area contributed by atoms with Gasteiger partial charge in [-0.15, -0.1) is 0 Å². The van der Waals surface area contributed by atoms with Gasteiger partial charge in [0, 0.05) is 6.07 Å². The van der Waals surface area contributed by atoms with Crippen molar-refractivity contribution in [3.8, 4) is 0 Å². The molecule has 5 heteroatoms. The van der Waals surface area contributed by atoms with Crippen LogP contribution < -0.4 is 10.6 Å². The normalized spacial score (nSPS) is 10.1. The third-order valence-electron chi connectivity index (χ3n) is 1.61. The fourth-order valence-electron chi connectivity index (χ4n) is 0.991. The molecular formula is C9H15N3O2. The van der Waals surface area contributed by atoms with Gasteiger partial charge in [-0.3, -0.25) is 4.79 Å². The minimum atomic E-state index is -0.105. The van der Waals surface area contributed by atoms with Crippen LogP contribution in [0.5, 0.6) is 0 Å². The fraction of sp³-hybridized carbons (Fsp3) is 0.556. The van der Waals surface area contributed by atoms with Gasteiger partial charge in [0.25, 0.3) is 0 Å². The Morgan fingerprint density at radius 3 is 3.00 bits per heavy atom. The number of hydrogen-bond donors (Lipinski definition) is 2. The molecule has 0 bridgehead atoms. The zero-order chi connectivity index (χ0) is 10.4. The highest BCUT2D eigenvalue weighted by atomic mass is 16.5. The molecule has 0 unspecified atom stereocenters. The second-order valence-electron chi connectivity index (χ2n) is 3.05. The van der Waals surface area contributed by atoms with Crippen molar-refractivity contribution in [1.82, 2.24) is 10.5 Å². The lowest BCUT2D eigenvalue weighted by Gasteiger charge is -2.01. The van der Waals surface area contributed by atoms with E-state index in [0.717, 1.165) is 13.0 Å². The molecule has 5 nitrogen and oxygen atoms in total. The van der Waals surface area contributed by atoms with E-state index < -0.39 is 0 Å². The highest BCUT2D eigenvalue weighted by molar-refractivity contribution is 5.91. The van der Waals surface area contributed by atoms with E-state index >= 15 is 0 Å². The monoisotopic (exact) mass is 197 g/mol. The SMILES string of the molecule is CCCNCC(=O)Nc1cc(C)on1. The Morgan fingerprint density at radius 2 is 2.43 bits per heavy atom. The topological polar surface area (TPSA) is 67.2 Å². The second-order valence-corrected chi connectivity index (χ2v) is 3.05. The predicted molar refractivity (Wildman–Crippen MR) is 53.0 cm³/mol. The molecule has 0 aliphatic carbocycles. The molecule has 0 fully saturated rings. The van der Waals surface area contributed by atoms with Gasteiger partial charge in [0.05, 0.1) is 6.54 Å². The van der Waals surface area contributed by atoms with E-state index in [9.17, 15) is 4.79 Å². The number of amides is 1. The maximum atomic E-state index is 11.2. The van der Waals surface area contributed by atoms with Crippen molar-refractivity contribution in [3.63, 3.8) is 0 Å². The van der Waals surface area contributed by atoms with Gasteiger partial charge in [0.1, 0.15) is 5.76 Å². The molecule has 0 aromatic carbocycles. The lowest BCUT2D eigenvalue weighted by atomic mass is 10.4. The first-order valence-corrected chi connectivity index (χ1v) is 4.66. The van der Waals surface area contributed by atoms with Crippen molar-refractivity contribution in [2.75, 3.05) is 18.4 Å². The van der Waals surface area contributed by atoms with E-state index in [4.69, 9.17) is 4.52 Å². The van der Waals surface area contributed by atoms with Crippen molar-refractivity contribution in [3.05, 3.63) is 11.8 Å². The van der Waals surface area contributed by atoms with Crippen LogP contribution in [0.15, 0.2) is 10.6 Å². The maximum absolute atomic E-state index is 11.2. The zero-order valence-corrected chi connectivity index (χ0v) is 8.46. The maximum Gasteiger partial charge on any atom is 0.239 e. The molecule has 1 aromatic heterocycles. The number of aryl methyl sites for hydroxylation is 1. The largest absolute Gasteiger partial charge is 0.360 e. The lowest BCUT2D eigenvalue weighted by molar-refractivity contribution is -0.115. The summed E-state index contributed by atoms with van der Waals surface area (Å²) in [7, 11) is 0. The Morgan fingerprint density at radius 1 is 1.64 bits per heavy atom. The van der Waals surface area contributed by atoms with E-state index in [1.165, 1.54) is 0 Å². The molecule has 0 spiro atoms. The van der Waals surface area contributed by atoms with Crippen LogP contribution in [-0.4, -0.2) is 24.2 Å². The predicted octanol–water partition coefficient (Wildman–Crippen LogP) is 0.921. The fourth-order valence-corrected chi connectivity index (χ4v) is 0.991. The summed E-state index contributed by atoms with van der Waals surface area (Å²) in [5, 5.41) is 9.26. The number of anilines is 1. The Bertz CT molecular complexity index is 296. The summed E-state index contributed by atoms with van der Waals surface area (Å²) >= 11 is 0. The first-order valence-electron chi connectivity index (χ1n) is 4.66. The molecule has 0 saturated carbocycles. The number of carbonyl (C=O) groups is 1. The van der Waals surface area contributed by atoms with E-state index in [1.54, 1.807) is 13.0 Å².